The second-order valence-corrected chi connectivity index (χ2v) is 5.50. The molecule has 1 unspecified atom stereocenters. The van der Waals surface area contributed by atoms with E-state index in [0.717, 1.165) is 23.9 Å². The second-order valence-electron chi connectivity index (χ2n) is 4.45. The van der Waals surface area contributed by atoms with Crippen LogP contribution < -0.4 is 0 Å². The number of benzene rings is 1. The molecule has 0 radical (unpaired) electrons. The third-order valence-electron chi connectivity index (χ3n) is 3.11. The zero-order valence-corrected chi connectivity index (χ0v) is 11.3. The fourth-order valence-corrected chi connectivity index (χ4v) is 2.92. The summed E-state index contributed by atoms with van der Waals surface area (Å²) in [5.74, 6) is -3.20. The molecule has 2 rings (SSSR count). The highest BCUT2D eigenvalue weighted by Crippen LogP contribution is 2.23. The molecule has 1 amide bonds. The first-order chi connectivity index (χ1) is 9.49. The lowest BCUT2D eigenvalue weighted by atomic mass is 10.2. The van der Waals surface area contributed by atoms with Gasteiger partial charge in [-0.25, -0.2) is 13.6 Å². The van der Waals surface area contributed by atoms with E-state index in [1.807, 2.05) is 0 Å². The average molecular weight is 301 g/mol. The number of carbonyl (C=O) groups is 2. The van der Waals surface area contributed by atoms with E-state index in [2.05, 4.69) is 0 Å². The number of amides is 1. The van der Waals surface area contributed by atoms with Gasteiger partial charge in [-0.2, -0.15) is 0 Å². The van der Waals surface area contributed by atoms with Crippen molar-refractivity contribution in [3.05, 3.63) is 29.8 Å². The minimum atomic E-state index is -1.01. The number of halogens is 2. The Morgan fingerprint density at radius 2 is 2.10 bits per heavy atom. The molecule has 1 aliphatic rings. The summed E-state index contributed by atoms with van der Waals surface area (Å²) in [5.41, 5.74) is 0. The zero-order chi connectivity index (χ0) is 14.7. The maximum absolute atomic E-state index is 13.0. The van der Waals surface area contributed by atoms with Crippen LogP contribution in [0.25, 0.3) is 0 Å². The molecule has 1 atom stereocenters. The van der Waals surface area contributed by atoms with Crippen molar-refractivity contribution in [1.82, 2.24) is 4.90 Å². The number of thioether (sulfide) groups is 1. The van der Waals surface area contributed by atoms with Crippen molar-refractivity contribution in [3.8, 4) is 0 Å². The zero-order valence-electron chi connectivity index (χ0n) is 10.5. The van der Waals surface area contributed by atoms with Crippen LogP contribution in [0.3, 0.4) is 0 Å². The van der Waals surface area contributed by atoms with Crippen LogP contribution in [0, 0.1) is 11.6 Å². The molecule has 1 N–H and O–H groups in total. The highest BCUT2D eigenvalue weighted by Gasteiger charge is 2.33. The van der Waals surface area contributed by atoms with Crippen molar-refractivity contribution in [3.63, 3.8) is 0 Å². The molecule has 1 saturated heterocycles. The number of aliphatic carboxylic acids is 1. The maximum Gasteiger partial charge on any atom is 0.326 e. The van der Waals surface area contributed by atoms with Crippen molar-refractivity contribution in [1.29, 1.82) is 0 Å². The molecule has 4 nitrogen and oxygen atoms in total. The smallest absolute Gasteiger partial charge is 0.326 e. The van der Waals surface area contributed by atoms with Crippen LogP contribution in [0.5, 0.6) is 0 Å². The predicted octanol–water partition coefficient (Wildman–Crippen LogP) is 2.13. The Hall–Kier alpha value is -1.63. The minimum Gasteiger partial charge on any atom is -0.480 e. The summed E-state index contributed by atoms with van der Waals surface area (Å²) in [6.45, 7) is 0.425. The third-order valence-corrected chi connectivity index (χ3v) is 4.09. The summed E-state index contributed by atoms with van der Waals surface area (Å²) in [5, 5.41) is 8.99. The Morgan fingerprint density at radius 3 is 2.75 bits per heavy atom. The first-order valence-corrected chi connectivity index (χ1v) is 7.07. The number of carboxylic acid groups (broad SMARTS) is 1. The van der Waals surface area contributed by atoms with Gasteiger partial charge in [0, 0.05) is 11.4 Å². The number of rotatable bonds is 4. The van der Waals surface area contributed by atoms with Gasteiger partial charge in [-0.05, 0) is 31.0 Å². The van der Waals surface area contributed by atoms with Crippen LogP contribution in [0.4, 0.5) is 8.78 Å². The number of likely N-dealkylation sites (tertiary alicyclic amines) is 1. The molecule has 0 bridgehead atoms. The topological polar surface area (TPSA) is 57.6 Å². The highest BCUT2D eigenvalue weighted by molar-refractivity contribution is 8.00. The summed E-state index contributed by atoms with van der Waals surface area (Å²) in [6.07, 6.45) is 1.12. The van der Waals surface area contributed by atoms with Crippen molar-refractivity contribution in [2.24, 2.45) is 0 Å². The summed E-state index contributed by atoms with van der Waals surface area (Å²) in [4.78, 5) is 24.7. The Kier molecular flexibility index (Phi) is 4.59. The molecule has 108 valence electrons. The van der Waals surface area contributed by atoms with E-state index < -0.39 is 23.6 Å². The Labute approximate surface area is 118 Å². The van der Waals surface area contributed by atoms with Crippen molar-refractivity contribution in [2.75, 3.05) is 12.3 Å². The number of hydrogen-bond donors (Lipinski definition) is 1. The molecule has 7 heteroatoms. The highest BCUT2D eigenvalue weighted by atomic mass is 32.2. The molecular formula is C13H13F2NO3S. The van der Waals surface area contributed by atoms with Gasteiger partial charge in [0.25, 0.3) is 0 Å². The first-order valence-electron chi connectivity index (χ1n) is 6.09. The van der Waals surface area contributed by atoms with Crippen molar-refractivity contribution in [2.45, 2.75) is 23.8 Å². The standard InChI is InChI=1S/C13H13F2NO3S/c14-9-4-3-8(6-10(9)15)20-7-12(17)16-5-1-2-11(16)13(18)19/h3-4,6,11H,1-2,5,7H2,(H,18,19). The van der Waals surface area contributed by atoms with Gasteiger partial charge in [0.1, 0.15) is 6.04 Å². The number of carbonyl (C=O) groups excluding carboxylic acids is 1. The number of hydrogen-bond acceptors (Lipinski definition) is 3. The van der Waals surface area contributed by atoms with Gasteiger partial charge in [-0.3, -0.25) is 4.79 Å². The maximum atomic E-state index is 13.0. The van der Waals surface area contributed by atoms with Gasteiger partial charge in [0.05, 0.1) is 5.75 Å². The molecule has 0 saturated carbocycles. The van der Waals surface area contributed by atoms with E-state index in [1.165, 1.54) is 11.0 Å². The summed E-state index contributed by atoms with van der Waals surface area (Å²) < 4.78 is 25.8. The molecule has 0 aromatic heterocycles. The van der Waals surface area contributed by atoms with E-state index >= 15 is 0 Å². The summed E-state index contributed by atoms with van der Waals surface area (Å²) >= 11 is 1.06. The molecular weight excluding hydrogens is 288 g/mol. The first kappa shape index (κ1) is 14.8. The van der Waals surface area contributed by atoms with Gasteiger partial charge in [0.15, 0.2) is 11.6 Å². The molecule has 20 heavy (non-hydrogen) atoms. The van der Waals surface area contributed by atoms with Crippen molar-refractivity contribution < 1.29 is 23.5 Å². The molecule has 0 aliphatic carbocycles. The van der Waals surface area contributed by atoms with Gasteiger partial charge in [-0.1, -0.05) is 0 Å². The fourth-order valence-electron chi connectivity index (χ4n) is 2.12. The fraction of sp³-hybridized carbons (Fsp3) is 0.385. The monoisotopic (exact) mass is 301 g/mol. The van der Waals surface area contributed by atoms with E-state index in [4.69, 9.17) is 5.11 Å². The Bertz CT molecular complexity index is 538. The lowest BCUT2D eigenvalue weighted by molar-refractivity contribution is -0.147. The quantitative estimate of drug-likeness (QED) is 0.866. The van der Waals surface area contributed by atoms with Gasteiger partial charge in [-0.15, -0.1) is 11.8 Å². The van der Waals surface area contributed by atoms with Crippen LogP contribution in [-0.4, -0.2) is 40.2 Å². The summed E-state index contributed by atoms with van der Waals surface area (Å²) in [6, 6.07) is 2.63. The van der Waals surface area contributed by atoms with Gasteiger partial charge < -0.3 is 10.0 Å². The molecule has 1 aromatic carbocycles. The molecule has 0 spiro atoms. The summed E-state index contributed by atoms with van der Waals surface area (Å²) in [7, 11) is 0. The SMILES string of the molecule is O=C(O)C1CCCN1C(=O)CSc1ccc(F)c(F)c1. The molecule has 1 heterocycles. The predicted molar refractivity (Wildman–Crippen MR) is 69.5 cm³/mol. The van der Waals surface area contributed by atoms with Crippen LogP contribution in [0.1, 0.15) is 12.8 Å². The largest absolute Gasteiger partial charge is 0.480 e. The lowest BCUT2D eigenvalue weighted by Gasteiger charge is -2.21. The van der Waals surface area contributed by atoms with Crippen LogP contribution in [0.15, 0.2) is 23.1 Å². The third kappa shape index (κ3) is 3.27. The van der Waals surface area contributed by atoms with Crippen LogP contribution >= 0.6 is 11.8 Å². The second kappa shape index (κ2) is 6.21. The number of carboxylic acids is 1. The molecule has 1 aliphatic heterocycles. The number of nitrogens with zero attached hydrogens (tertiary/aromatic N) is 1. The Morgan fingerprint density at radius 1 is 1.35 bits per heavy atom. The van der Waals surface area contributed by atoms with Gasteiger partial charge in [0.2, 0.25) is 5.91 Å². The van der Waals surface area contributed by atoms with Crippen LogP contribution in [-0.2, 0) is 9.59 Å². The van der Waals surface area contributed by atoms with E-state index in [9.17, 15) is 18.4 Å². The normalized spacial score (nSPS) is 18.3. The van der Waals surface area contributed by atoms with Crippen molar-refractivity contribution >= 4 is 23.6 Å². The van der Waals surface area contributed by atoms with Crippen LogP contribution in [0.2, 0.25) is 0 Å². The van der Waals surface area contributed by atoms with E-state index in [0.29, 0.717) is 24.3 Å². The van der Waals surface area contributed by atoms with Gasteiger partial charge >= 0.3 is 5.97 Å². The average Bonchev–Trinajstić information content (AvgIpc) is 2.89. The van der Waals surface area contributed by atoms with E-state index in [-0.39, 0.29) is 11.7 Å². The Balaban J connectivity index is 1.94. The molecule has 1 fully saturated rings. The molecule has 1 aromatic rings. The van der Waals surface area contributed by atoms with E-state index in [1.54, 1.807) is 0 Å². The minimum absolute atomic E-state index is 0.00878. The lowest BCUT2D eigenvalue weighted by Crippen LogP contribution is -2.41.